The van der Waals surface area contributed by atoms with Crippen molar-refractivity contribution >= 4 is 11.5 Å². The van der Waals surface area contributed by atoms with Gasteiger partial charge in [0.25, 0.3) is 0 Å². The lowest BCUT2D eigenvalue weighted by Crippen LogP contribution is -2.40. The van der Waals surface area contributed by atoms with Crippen LogP contribution in [0.3, 0.4) is 0 Å². The Labute approximate surface area is 82.9 Å². The minimum atomic E-state index is -0.0479. The predicted octanol–water partition coefficient (Wildman–Crippen LogP) is 0.748. The van der Waals surface area contributed by atoms with Crippen molar-refractivity contribution in [2.75, 3.05) is 11.6 Å². The minimum absolute atomic E-state index is 0.0274. The highest BCUT2D eigenvalue weighted by atomic mass is 16.3. The number of amidine groups is 1. The van der Waals surface area contributed by atoms with Crippen molar-refractivity contribution < 1.29 is 5.11 Å². The molecule has 0 spiro atoms. The summed E-state index contributed by atoms with van der Waals surface area (Å²) in [5.74, 6) is 0.612. The number of anilines is 1. The van der Waals surface area contributed by atoms with E-state index in [1.165, 1.54) is 0 Å². The lowest BCUT2D eigenvalue weighted by Gasteiger charge is -2.22. The SMILES string of the molecule is CC1N=C(CO)NN1c1ccccc1. The van der Waals surface area contributed by atoms with Crippen molar-refractivity contribution in [3.05, 3.63) is 30.3 Å². The molecule has 4 nitrogen and oxygen atoms in total. The lowest BCUT2D eigenvalue weighted by atomic mass is 10.3. The molecule has 14 heavy (non-hydrogen) atoms. The van der Waals surface area contributed by atoms with Crippen LogP contribution < -0.4 is 10.4 Å². The number of nitrogens with zero attached hydrogens (tertiary/aromatic N) is 2. The van der Waals surface area contributed by atoms with Crippen LogP contribution in [0.25, 0.3) is 0 Å². The van der Waals surface area contributed by atoms with Gasteiger partial charge in [0.05, 0.1) is 5.69 Å². The van der Waals surface area contributed by atoms with E-state index in [4.69, 9.17) is 5.11 Å². The largest absolute Gasteiger partial charge is 0.388 e. The smallest absolute Gasteiger partial charge is 0.143 e. The van der Waals surface area contributed by atoms with Crippen molar-refractivity contribution in [2.45, 2.75) is 13.1 Å². The topological polar surface area (TPSA) is 47.9 Å². The first-order valence-electron chi connectivity index (χ1n) is 4.60. The zero-order valence-electron chi connectivity index (χ0n) is 8.01. The summed E-state index contributed by atoms with van der Waals surface area (Å²) < 4.78 is 0. The molecule has 0 aliphatic carbocycles. The number of nitrogens with one attached hydrogen (secondary N) is 1. The fraction of sp³-hybridized carbons (Fsp3) is 0.300. The number of hydrogen-bond donors (Lipinski definition) is 2. The van der Waals surface area contributed by atoms with Gasteiger partial charge in [-0.1, -0.05) is 18.2 Å². The third-order valence-electron chi connectivity index (χ3n) is 2.15. The highest BCUT2D eigenvalue weighted by Gasteiger charge is 2.21. The van der Waals surface area contributed by atoms with Crippen LogP contribution in [-0.2, 0) is 0 Å². The van der Waals surface area contributed by atoms with Gasteiger partial charge in [-0.15, -0.1) is 0 Å². The fourth-order valence-corrected chi connectivity index (χ4v) is 1.49. The standard InChI is InChI=1S/C10H13N3O/c1-8-11-10(7-14)12-13(8)9-5-3-2-4-6-9/h2-6,8,14H,7H2,1H3,(H,11,12). The number of rotatable bonds is 2. The number of hydrazine groups is 1. The second kappa shape index (κ2) is 3.67. The van der Waals surface area contributed by atoms with Crippen molar-refractivity contribution in [3.63, 3.8) is 0 Å². The molecule has 0 saturated heterocycles. The number of para-hydroxylation sites is 1. The first kappa shape index (κ1) is 9.02. The Bertz CT molecular complexity index is 336. The Balaban J connectivity index is 2.16. The predicted molar refractivity (Wildman–Crippen MR) is 56.0 cm³/mol. The summed E-state index contributed by atoms with van der Waals surface area (Å²) in [5.41, 5.74) is 4.09. The van der Waals surface area contributed by atoms with Crippen LogP contribution in [0.2, 0.25) is 0 Å². The van der Waals surface area contributed by atoms with Crippen LogP contribution in [0.15, 0.2) is 35.3 Å². The molecule has 1 heterocycles. The third-order valence-corrected chi connectivity index (χ3v) is 2.15. The highest BCUT2D eigenvalue weighted by molar-refractivity contribution is 5.87. The zero-order chi connectivity index (χ0) is 9.97. The van der Waals surface area contributed by atoms with Gasteiger partial charge < -0.3 is 5.11 Å². The van der Waals surface area contributed by atoms with Gasteiger partial charge in [0.2, 0.25) is 0 Å². The summed E-state index contributed by atoms with van der Waals surface area (Å²) in [5, 5.41) is 10.9. The molecular formula is C10H13N3O. The van der Waals surface area contributed by atoms with Crippen molar-refractivity contribution in [1.82, 2.24) is 5.43 Å². The molecule has 0 aromatic heterocycles. The van der Waals surface area contributed by atoms with Crippen LogP contribution in [0.4, 0.5) is 5.69 Å². The third kappa shape index (κ3) is 1.56. The molecule has 0 saturated carbocycles. The van der Waals surface area contributed by atoms with Gasteiger partial charge in [-0.3, -0.25) is 10.4 Å². The first-order valence-corrected chi connectivity index (χ1v) is 4.60. The van der Waals surface area contributed by atoms with Crippen molar-refractivity contribution in [1.29, 1.82) is 0 Å². The molecule has 1 aliphatic heterocycles. The van der Waals surface area contributed by atoms with E-state index in [9.17, 15) is 0 Å². The van der Waals surface area contributed by atoms with E-state index in [-0.39, 0.29) is 12.8 Å². The Hall–Kier alpha value is -1.55. The Kier molecular flexibility index (Phi) is 2.37. The van der Waals surface area contributed by atoms with Gasteiger partial charge >= 0.3 is 0 Å². The average molecular weight is 191 g/mol. The number of hydrogen-bond acceptors (Lipinski definition) is 4. The molecule has 0 amide bonds. The average Bonchev–Trinajstić information content (AvgIpc) is 2.61. The van der Waals surface area contributed by atoms with E-state index in [0.717, 1.165) is 5.69 Å². The maximum Gasteiger partial charge on any atom is 0.143 e. The maximum atomic E-state index is 8.93. The van der Waals surface area contributed by atoms with E-state index >= 15 is 0 Å². The number of aliphatic hydroxyl groups excluding tert-OH is 1. The molecule has 0 fully saturated rings. The Morgan fingerprint density at radius 3 is 2.71 bits per heavy atom. The molecule has 2 rings (SSSR count). The Morgan fingerprint density at radius 2 is 2.14 bits per heavy atom. The molecule has 4 heteroatoms. The molecule has 1 aliphatic rings. The van der Waals surface area contributed by atoms with E-state index in [2.05, 4.69) is 10.4 Å². The summed E-state index contributed by atoms with van der Waals surface area (Å²) in [6.07, 6.45) is 0.0274. The second-order valence-electron chi connectivity index (χ2n) is 3.18. The molecule has 74 valence electrons. The number of benzene rings is 1. The van der Waals surface area contributed by atoms with Crippen LogP contribution in [0.1, 0.15) is 6.92 Å². The zero-order valence-corrected chi connectivity index (χ0v) is 8.01. The molecule has 1 aromatic rings. The first-order chi connectivity index (χ1) is 6.81. The van der Waals surface area contributed by atoms with Crippen LogP contribution in [-0.4, -0.2) is 23.7 Å². The summed E-state index contributed by atoms with van der Waals surface area (Å²) >= 11 is 0. The molecular weight excluding hydrogens is 178 g/mol. The van der Waals surface area contributed by atoms with E-state index in [1.54, 1.807) is 0 Å². The molecule has 1 atom stereocenters. The van der Waals surface area contributed by atoms with Gasteiger partial charge in [-0.05, 0) is 19.1 Å². The minimum Gasteiger partial charge on any atom is -0.388 e. The van der Waals surface area contributed by atoms with E-state index < -0.39 is 0 Å². The fourth-order valence-electron chi connectivity index (χ4n) is 1.49. The van der Waals surface area contributed by atoms with Gasteiger partial charge in [-0.25, -0.2) is 4.99 Å². The van der Waals surface area contributed by atoms with Crippen molar-refractivity contribution in [3.8, 4) is 0 Å². The van der Waals surface area contributed by atoms with Crippen LogP contribution in [0.5, 0.6) is 0 Å². The second-order valence-corrected chi connectivity index (χ2v) is 3.18. The normalized spacial score (nSPS) is 20.6. The maximum absolute atomic E-state index is 8.93. The lowest BCUT2D eigenvalue weighted by molar-refractivity contribution is 0.354. The van der Waals surface area contributed by atoms with Gasteiger partial charge in [0.15, 0.2) is 0 Å². The summed E-state index contributed by atoms with van der Waals surface area (Å²) in [6.45, 7) is 1.93. The summed E-state index contributed by atoms with van der Waals surface area (Å²) in [7, 11) is 0. The van der Waals surface area contributed by atoms with Crippen molar-refractivity contribution in [2.24, 2.45) is 4.99 Å². The van der Waals surface area contributed by atoms with Gasteiger partial charge in [-0.2, -0.15) is 0 Å². The molecule has 1 unspecified atom stereocenters. The molecule has 1 aromatic carbocycles. The molecule has 2 N–H and O–H groups in total. The summed E-state index contributed by atoms with van der Waals surface area (Å²) in [6, 6.07) is 9.91. The Morgan fingerprint density at radius 1 is 1.43 bits per heavy atom. The molecule has 0 bridgehead atoms. The molecule has 0 radical (unpaired) electrons. The van der Waals surface area contributed by atoms with Gasteiger partial charge in [0, 0.05) is 0 Å². The van der Waals surface area contributed by atoms with Crippen LogP contribution in [0, 0.1) is 0 Å². The van der Waals surface area contributed by atoms with Gasteiger partial charge in [0.1, 0.15) is 18.6 Å². The summed E-state index contributed by atoms with van der Waals surface area (Å²) in [4.78, 5) is 4.25. The van der Waals surface area contributed by atoms with E-state index in [0.29, 0.717) is 5.84 Å². The monoisotopic (exact) mass is 191 g/mol. The number of aliphatic hydroxyl groups is 1. The quantitative estimate of drug-likeness (QED) is 0.725. The van der Waals surface area contributed by atoms with Crippen LogP contribution >= 0.6 is 0 Å². The highest BCUT2D eigenvalue weighted by Crippen LogP contribution is 2.17. The number of aliphatic imine (C=N–C) groups is 1. The van der Waals surface area contributed by atoms with E-state index in [1.807, 2.05) is 42.3 Å².